The Hall–Kier alpha value is -0.330. The Morgan fingerprint density at radius 2 is 1.77 bits per heavy atom. The topological polar surface area (TPSA) is 17.1 Å². The lowest BCUT2D eigenvalue weighted by Crippen LogP contribution is -2.20. The molecule has 0 aliphatic rings. The molecule has 0 saturated heterocycles. The Bertz CT molecular complexity index is 153. The zero-order valence-electron chi connectivity index (χ0n) is 9.81. The van der Waals surface area contributed by atoms with E-state index >= 15 is 0 Å². The highest BCUT2D eigenvalue weighted by atomic mass is 16.1. The Kier molecular flexibility index (Phi) is 5.27. The van der Waals surface area contributed by atoms with Crippen molar-refractivity contribution >= 4 is 5.78 Å². The fourth-order valence-corrected chi connectivity index (χ4v) is 1.39. The molecule has 13 heavy (non-hydrogen) atoms. The first-order valence-electron chi connectivity index (χ1n) is 5.41. The van der Waals surface area contributed by atoms with E-state index in [1.165, 1.54) is 12.8 Å². The molecule has 0 saturated carbocycles. The Labute approximate surface area is 82.9 Å². The largest absolute Gasteiger partial charge is 0.299 e. The van der Waals surface area contributed by atoms with Crippen LogP contribution >= 0.6 is 0 Å². The van der Waals surface area contributed by atoms with E-state index in [4.69, 9.17) is 0 Å². The average molecular weight is 184 g/mol. The SMILES string of the molecule is CCCC(C)CCC(=O)C(C)(C)C. The maximum absolute atomic E-state index is 11.6. The average Bonchev–Trinajstić information content (AvgIpc) is 1.99. The van der Waals surface area contributed by atoms with E-state index in [0.29, 0.717) is 11.7 Å². The zero-order valence-corrected chi connectivity index (χ0v) is 9.81. The summed E-state index contributed by atoms with van der Waals surface area (Å²) in [7, 11) is 0. The number of Topliss-reactive ketones (excluding diaryl/α,β-unsaturated/α-hetero) is 1. The number of carbonyl (C=O) groups excluding carboxylic acids is 1. The second-order valence-corrected chi connectivity index (χ2v) is 5.11. The lowest BCUT2D eigenvalue weighted by Gasteiger charge is -2.17. The maximum atomic E-state index is 11.6. The molecule has 78 valence electrons. The third-order valence-corrected chi connectivity index (χ3v) is 2.48. The number of carbonyl (C=O) groups is 1. The minimum absolute atomic E-state index is 0.147. The molecule has 0 aliphatic carbocycles. The second-order valence-electron chi connectivity index (χ2n) is 5.11. The Balaban J connectivity index is 3.71. The van der Waals surface area contributed by atoms with Gasteiger partial charge in [0.25, 0.3) is 0 Å². The first-order chi connectivity index (χ1) is 5.88. The van der Waals surface area contributed by atoms with Crippen molar-refractivity contribution in [3.05, 3.63) is 0 Å². The van der Waals surface area contributed by atoms with E-state index in [1.54, 1.807) is 0 Å². The molecule has 0 fully saturated rings. The van der Waals surface area contributed by atoms with Gasteiger partial charge >= 0.3 is 0 Å². The first-order valence-corrected chi connectivity index (χ1v) is 5.41. The van der Waals surface area contributed by atoms with Crippen molar-refractivity contribution in [2.75, 3.05) is 0 Å². The summed E-state index contributed by atoms with van der Waals surface area (Å²) in [4.78, 5) is 11.6. The van der Waals surface area contributed by atoms with Gasteiger partial charge in [-0.1, -0.05) is 47.5 Å². The molecule has 0 heterocycles. The normalized spacial score (nSPS) is 14.2. The van der Waals surface area contributed by atoms with Crippen LogP contribution in [0.1, 0.15) is 60.3 Å². The second kappa shape index (κ2) is 5.41. The first kappa shape index (κ1) is 12.7. The van der Waals surface area contributed by atoms with E-state index in [-0.39, 0.29) is 5.41 Å². The van der Waals surface area contributed by atoms with Gasteiger partial charge in [0.15, 0.2) is 0 Å². The fourth-order valence-electron chi connectivity index (χ4n) is 1.39. The summed E-state index contributed by atoms with van der Waals surface area (Å²) in [5.41, 5.74) is -0.147. The van der Waals surface area contributed by atoms with Gasteiger partial charge in [-0.2, -0.15) is 0 Å². The molecule has 0 aromatic carbocycles. The number of hydrogen-bond donors (Lipinski definition) is 0. The van der Waals surface area contributed by atoms with Crippen molar-refractivity contribution in [2.24, 2.45) is 11.3 Å². The molecule has 1 atom stereocenters. The molecule has 0 aromatic rings. The van der Waals surface area contributed by atoms with Crippen LogP contribution in [0.2, 0.25) is 0 Å². The molecule has 0 bridgehead atoms. The third-order valence-electron chi connectivity index (χ3n) is 2.48. The summed E-state index contributed by atoms with van der Waals surface area (Å²) in [5.74, 6) is 1.10. The van der Waals surface area contributed by atoms with Crippen LogP contribution in [-0.4, -0.2) is 5.78 Å². The predicted octanol–water partition coefficient (Wildman–Crippen LogP) is 3.82. The summed E-state index contributed by atoms with van der Waals surface area (Å²) in [6, 6.07) is 0. The van der Waals surface area contributed by atoms with E-state index in [1.807, 2.05) is 20.8 Å². The molecular weight excluding hydrogens is 160 g/mol. The molecule has 1 nitrogen and oxygen atoms in total. The minimum atomic E-state index is -0.147. The van der Waals surface area contributed by atoms with E-state index < -0.39 is 0 Å². The summed E-state index contributed by atoms with van der Waals surface area (Å²) < 4.78 is 0. The summed E-state index contributed by atoms with van der Waals surface area (Å²) >= 11 is 0. The third kappa shape index (κ3) is 5.84. The van der Waals surface area contributed by atoms with Crippen molar-refractivity contribution in [1.82, 2.24) is 0 Å². The smallest absolute Gasteiger partial charge is 0.138 e. The van der Waals surface area contributed by atoms with Crippen LogP contribution in [0.5, 0.6) is 0 Å². The minimum Gasteiger partial charge on any atom is -0.299 e. The van der Waals surface area contributed by atoms with Gasteiger partial charge in [-0.15, -0.1) is 0 Å². The van der Waals surface area contributed by atoms with Gasteiger partial charge in [0, 0.05) is 11.8 Å². The molecule has 0 radical (unpaired) electrons. The van der Waals surface area contributed by atoms with Crippen molar-refractivity contribution in [2.45, 2.75) is 60.3 Å². The summed E-state index contributed by atoms with van der Waals surface area (Å²) in [6.45, 7) is 10.4. The molecule has 0 aromatic heterocycles. The highest BCUT2D eigenvalue weighted by molar-refractivity contribution is 5.83. The molecule has 0 rings (SSSR count). The fraction of sp³-hybridized carbons (Fsp3) is 0.917. The standard InChI is InChI=1S/C12H24O/c1-6-7-10(2)8-9-11(13)12(3,4)5/h10H,6-9H2,1-5H3. The van der Waals surface area contributed by atoms with Crippen LogP contribution in [0, 0.1) is 11.3 Å². The molecule has 1 heteroatoms. The monoisotopic (exact) mass is 184 g/mol. The molecule has 0 amide bonds. The van der Waals surface area contributed by atoms with Crippen LogP contribution in [-0.2, 0) is 4.79 Å². The summed E-state index contributed by atoms with van der Waals surface area (Å²) in [5, 5.41) is 0. The van der Waals surface area contributed by atoms with Gasteiger partial charge in [0.2, 0.25) is 0 Å². The van der Waals surface area contributed by atoms with Crippen LogP contribution in [0.4, 0.5) is 0 Å². The van der Waals surface area contributed by atoms with Gasteiger partial charge in [-0.25, -0.2) is 0 Å². The van der Waals surface area contributed by atoms with Crippen LogP contribution in [0.25, 0.3) is 0 Å². The van der Waals surface area contributed by atoms with Crippen molar-refractivity contribution in [3.63, 3.8) is 0 Å². The molecule has 1 unspecified atom stereocenters. The Morgan fingerprint density at radius 1 is 1.23 bits per heavy atom. The number of hydrogen-bond acceptors (Lipinski definition) is 1. The van der Waals surface area contributed by atoms with Gasteiger partial charge in [-0.05, 0) is 12.3 Å². The lowest BCUT2D eigenvalue weighted by molar-refractivity contribution is -0.126. The van der Waals surface area contributed by atoms with Crippen LogP contribution < -0.4 is 0 Å². The molecule has 0 N–H and O–H groups in total. The van der Waals surface area contributed by atoms with Crippen LogP contribution in [0.3, 0.4) is 0 Å². The quantitative estimate of drug-likeness (QED) is 0.635. The van der Waals surface area contributed by atoms with E-state index in [0.717, 1.165) is 12.8 Å². The predicted molar refractivity (Wildman–Crippen MR) is 57.8 cm³/mol. The van der Waals surface area contributed by atoms with Crippen LogP contribution in [0.15, 0.2) is 0 Å². The van der Waals surface area contributed by atoms with E-state index in [2.05, 4.69) is 13.8 Å². The van der Waals surface area contributed by atoms with Crippen molar-refractivity contribution in [3.8, 4) is 0 Å². The van der Waals surface area contributed by atoms with E-state index in [9.17, 15) is 4.79 Å². The van der Waals surface area contributed by atoms with Gasteiger partial charge in [-0.3, -0.25) is 4.79 Å². The number of rotatable bonds is 5. The molecule has 0 spiro atoms. The molecule has 0 aliphatic heterocycles. The van der Waals surface area contributed by atoms with Gasteiger partial charge in [0.1, 0.15) is 5.78 Å². The summed E-state index contributed by atoms with van der Waals surface area (Å²) in [6.07, 6.45) is 4.29. The zero-order chi connectivity index (χ0) is 10.5. The maximum Gasteiger partial charge on any atom is 0.138 e. The molecular formula is C12H24O. The highest BCUT2D eigenvalue weighted by Gasteiger charge is 2.20. The Morgan fingerprint density at radius 3 is 2.15 bits per heavy atom. The van der Waals surface area contributed by atoms with Crippen molar-refractivity contribution in [1.29, 1.82) is 0 Å². The lowest BCUT2D eigenvalue weighted by atomic mass is 9.86. The van der Waals surface area contributed by atoms with Crippen molar-refractivity contribution < 1.29 is 4.79 Å². The van der Waals surface area contributed by atoms with Gasteiger partial charge in [0.05, 0.1) is 0 Å². The number of ketones is 1. The van der Waals surface area contributed by atoms with Gasteiger partial charge < -0.3 is 0 Å². The highest BCUT2D eigenvalue weighted by Crippen LogP contribution is 2.20.